The maximum absolute atomic E-state index is 13.1. The molecule has 1 unspecified atom stereocenters. The van der Waals surface area contributed by atoms with Crippen molar-refractivity contribution in [1.29, 1.82) is 0 Å². The van der Waals surface area contributed by atoms with Crippen LogP contribution in [0.1, 0.15) is 50.5 Å². The minimum atomic E-state index is -0.221. The van der Waals surface area contributed by atoms with E-state index in [1.54, 1.807) is 12.1 Å². The standard InChI is InChI=1S/C21H30FNO3/c22-18-9-7-17(8-10-18)11-13-23(19-4-1-2-5-19)21(24)12-15-25-16-20-6-3-14-26-20/h7-10,19-20H,1-6,11-16H2. The van der Waals surface area contributed by atoms with Gasteiger partial charge in [-0.2, -0.15) is 0 Å². The molecule has 1 atom stereocenters. The van der Waals surface area contributed by atoms with Gasteiger partial charge in [-0.15, -0.1) is 0 Å². The lowest BCUT2D eigenvalue weighted by molar-refractivity contribution is -0.134. The van der Waals surface area contributed by atoms with Crippen LogP contribution in [0.15, 0.2) is 24.3 Å². The molecule has 0 aromatic heterocycles. The Kier molecular flexibility index (Phi) is 7.44. The fourth-order valence-electron chi connectivity index (χ4n) is 3.92. The molecule has 3 rings (SSSR count). The van der Waals surface area contributed by atoms with Gasteiger partial charge in [0.1, 0.15) is 5.82 Å². The first kappa shape index (κ1) is 19.3. The number of carbonyl (C=O) groups is 1. The van der Waals surface area contributed by atoms with Crippen LogP contribution in [0.2, 0.25) is 0 Å². The molecule has 0 radical (unpaired) electrons. The van der Waals surface area contributed by atoms with Crippen LogP contribution in [0.3, 0.4) is 0 Å². The predicted molar refractivity (Wildman–Crippen MR) is 98.5 cm³/mol. The van der Waals surface area contributed by atoms with Crippen LogP contribution in [0, 0.1) is 5.82 Å². The van der Waals surface area contributed by atoms with Crippen LogP contribution >= 0.6 is 0 Å². The maximum atomic E-state index is 13.1. The highest BCUT2D eigenvalue weighted by Crippen LogP contribution is 2.24. The van der Waals surface area contributed by atoms with Gasteiger partial charge in [-0.05, 0) is 49.8 Å². The van der Waals surface area contributed by atoms with Crippen LogP contribution in [0.4, 0.5) is 4.39 Å². The Balaban J connectivity index is 1.46. The molecule has 1 saturated heterocycles. The molecular formula is C21H30FNO3. The predicted octanol–water partition coefficient (Wildman–Crippen LogP) is 3.73. The smallest absolute Gasteiger partial charge is 0.225 e. The Morgan fingerprint density at radius 3 is 2.62 bits per heavy atom. The Hall–Kier alpha value is -1.46. The van der Waals surface area contributed by atoms with Crippen molar-refractivity contribution in [2.75, 3.05) is 26.4 Å². The molecule has 1 amide bonds. The largest absolute Gasteiger partial charge is 0.378 e. The lowest BCUT2D eigenvalue weighted by Gasteiger charge is -2.29. The minimum Gasteiger partial charge on any atom is -0.378 e. The third-order valence-electron chi connectivity index (χ3n) is 5.43. The highest BCUT2D eigenvalue weighted by molar-refractivity contribution is 5.76. The molecule has 0 bridgehead atoms. The topological polar surface area (TPSA) is 38.8 Å². The van der Waals surface area contributed by atoms with Crippen molar-refractivity contribution in [3.05, 3.63) is 35.6 Å². The van der Waals surface area contributed by atoms with Crippen molar-refractivity contribution in [3.63, 3.8) is 0 Å². The average molecular weight is 363 g/mol. The summed E-state index contributed by atoms with van der Waals surface area (Å²) in [6.07, 6.45) is 8.12. The molecule has 1 aromatic carbocycles. The van der Waals surface area contributed by atoms with E-state index in [0.717, 1.165) is 44.3 Å². The number of hydrogen-bond donors (Lipinski definition) is 0. The fourth-order valence-corrected chi connectivity index (χ4v) is 3.92. The number of ether oxygens (including phenoxy) is 2. The van der Waals surface area contributed by atoms with Crippen molar-refractivity contribution in [1.82, 2.24) is 4.90 Å². The third kappa shape index (κ3) is 5.78. The molecule has 26 heavy (non-hydrogen) atoms. The van der Waals surface area contributed by atoms with Crippen LogP contribution in [0.5, 0.6) is 0 Å². The molecule has 5 heteroatoms. The van der Waals surface area contributed by atoms with Gasteiger partial charge in [-0.25, -0.2) is 4.39 Å². The Bertz CT molecular complexity index is 551. The zero-order valence-corrected chi connectivity index (χ0v) is 15.5. The Labute approximate surface area is 155 Å². The van der Waals surface area contributed by atoms with Crippen molar-refractivity contribution >= 4 is 5.91 Å². The molecule has 0 spiro atoms. The van der Waals surface area contributed by atoms with E-state index < -0.39 is 0 Å². The molecule has 144 valence electrons. The fraction of sp³-hybridized carbons (Fsp3) is 0.667. The van der Waals surface area contributed by atoms with Crippen molar-refractivity contribution in [2.24, 2.45) is 0 Å². The van der Waals surface area contributed by atoms with Gasteiger partial charge < -0.3 is 14.4 Å². The molecule has 1 saturated carbocycles. The first-order chi connectivity index (χ1) is 12.7. The van der Waals surface area contributed by atoms with Gasteiger partial charge in [0.2, 0.25) is 5.91 Å². The quantitative estimate of drug-likeness (QED) is 0.628. The maximum Gasteiger partial charge on any atom is 0.225 e. The van der Waals surface area contributed by atoms with Crippen molar-refractivity contribution < 1.29 is 18.7 Å². The van der Waals surface area contributed by atoms with Gasteiger partial charge in [-0.3, -0.25) is 4.79 Å². The first-order valence-corrected chi connectivity index (χ1v) is 9.95. The second kappa shape index (κ2) is 10.0. The number of benzene rings is 1. The van der Waals surface area contributed by atoms with Gasteiger partial charge in [0.15, 0.2) is 0 Å². The first-order valence-electron chi connectivity index (χ1n) is 9.95. The second-order valence-corrected chi connectivity index (χ2v) is 7.36. The van der Waals surface area contributed by atoms with Crippen molar-refractivity contribution in [2.45, 2.75) is 63.5 Å². The Morgan fingerprint density at radius 2 is 1.92 bits per heavy atom. The number of halogens is 1. The van der Waals surface area contributed by atoms with Crippen LogP contribution in [0.25, 0.3) is 0 Å². The zero-order chi connectivity index (χ0) is 18.2. The highest BCUT2D eigenvalue weighted by atomic mass is 19.1. The normalized spacial score (nSPS) is 20.6. The molecule has 2 fully saturated rings. The van der Waals surface area contributed by atoms with Gasteiger partial charge >= 0.3 is 0 Å². The van der Waals surface area contributed by atoms with E-state index in [1.165, 1.54) is 25.0 Å². The van der Waals surface area contributed by atoms with E-state index in [0.29, 0.717) is 32.2 Å². The lowest BCUT2D eigenvalue weighted by atomic mass is 10.1. The van der Waals surface area contributed by atoms with E-state index in [2.05, 4.69) is 0 Å². The summed E-state index contributed by atoms with van der Waals surface area (Å²) in [5.74, 6) is -0.0489. The summed E-state index contributed by atoms with van der Waals surface area (Å²) >= 11 is 0. The minimum absolute atomic E-state index is 0.173. The molecule has 2 aliphatic rings. The van der Waals surface area contributed by atoms with E-state index >= 15 is 0 Å². The van der Waals surface area contributed by atoms with Gasteiger partial charge in [0.05, 0.1) is 25.7 Å². The molecule has 1 aliphatic carbocycles. The van der Waals surface area contributed by atoms with Crippen molar-refractivity contribution in [3.8, 4) is 0 Å². The molecular weight excluding hydrogens is 333 g/mol. The SMILES string of the molecule is O=C(CCOCC1CCCO1)N(CCc1ccc(F)cc1)C1CCCC1. The van der Waals surface area contributed by atoms with Gasteiger partial charge in [0, 0.05) is 19.2 Å². The Morgan fingerprint density at radius 1 is 1.15 bits per heavy atom. The van der Waals surface area contributed by atoms with E-state index in [4.69, 9.17) is 9.47 Å². The summed E-state index contributed by atoms with van der Waals surface area (Å²) in [6.45, 7) is 2.57. The number of amides is 1. The van der Waals surface area contributed by atoms with Gasteiger partial charge in [-0.1, -0.05) is 25.0 Å². The number of carbonyl (C=O) groups excluding carboxylic acids is 1. The summed E-state index contributed by atoms with van der Waals surface area (Å²) < 4.78 is 24.3. The monoisotopic (exact) mass is 363 g/mol. The molecule has 1 aromatic rings. The molecule has 1 aliphatic heterocycles. The summed E-state index contributed by atoms with van der Waals surface area (Å²) in [7, 11) is 0. The van der Waals surface area contributed by atoms with Crippen LogP contribution < -0.4 is 0 Å². The summed E-state index contributed by atoms with van der Waals surface area (Å²) in [5, 5.41) is 0. The van der Waals surface area contributed by atoms with Crippen LogP contribution in [-0.2, 0) is 20.7 Å². The molecule has 1 heterocycles. The number of hydrogen-bond acceptors (Lipinski definition) is 3. The number of rotatable bonds is 9. The number of nitrogens with zero attached hydrogens (tertiary/aromatic N) is 1. The average Bonchev–Trinajstić information content (AvgIpc) is 3.34. The van der Waals surface area contributed by atoms with Crippen LogP contribution in [-0.4, -0.2) is 49.3 Å². The summed E-state index contributed by atoms with van der Waals surface area (Å²) in [5.41, 5.74) is 1.07. The zero-order valence-electron chi connectivity index (χ0n) is 15.5. The third-order valence-corrected chi connectivity index (χ3v) is 5.43. The van der Waals surface area contributed by atoms with E-state index in [1.807, 2.05) is 4.90 Å². The molecule has 0 N–H and O–H groups in total. The highest BCUT2D eigenvalue weighted by Gasteiger charge is 2.26. The van der Waals surface area contributed by atoms with E-state index in [9.17, 15) is 9.18 Å². The summed E-state index contributed by atoms with van der Waals surface area (Å²) in [4.78, 5) is 14.8. The summed E-state index contributed by atoms with van der Waals surface area (Å²) in [6, 6.07) is 6.92. The second-order valence-electron chi connectivity index (χ2n) is 7.36. The molecule has 4 nitrogen and oxygen atoms in total. The van der Waals surface area contributed by atoms with E-state index in [-0.39, 0.29) is 17.8 Å². The lowest BCUT2D eigenvalue weighted by Crippen LogP contribution is -2.40. The van der Waals surface area contributed by atoms with Gasteiger partial charge in [0.25, 0.3) is 0 Å².